The minimum Gasteiger partial charge on any atom is -0.387 e. The SMILES string of the molecule is NC(=O)c1cnc(C2CCN(C3Cc4ccccc4C3O)CC2)[nH]1. The molecule has 4 rings (SSSR count). The van der Waals surface area contributed by atoms with Gasteiger partial charge in [0.15, 0.2) is 0 Å². The van der Waals surface area contributed by atoms with Crippen molar-refractivity contribution >= 4 is 5.91 Å². The Balaban J connectivity index is 1.41. The number of aromatic nitrogens is 2. The van der Waals surface area contributed by atoms with E-state index in [1.54, 1.807) is 0 Å². The molecule has 126 valence electrons. The second kappa shape index (κ2) is 6.03. The van der Waals surface area contributed by atoms with Crippen LogP contribution >= 0.6 is 0 Å². The van der Waals surface area contributed by atoms with Crippen LogP contribution in [-0.4, -0.2) is 45.0 Å². The summed E-state index contributed by atoms with van der Waals surface area (Å²) in [4.78, 5) is 20.9. The summed E-state index contributed by atoms with van der Waals surface area (Å²) in [5, 5.41) is 10.6. The zero-order valence-corrected chi connectivity index (χ0v) is 13.5. The first-order valence-electron chi connectivity index (χ1n) is 8.48. The average Bonchev–Trinajstić information content (AvgIpc) is 3.21. The highest BCUT2D eigenvalue weighted by Crippen LogP contribution is 2.37. The van der Waals surface area contributed by atoms with Crippen LogP contribution < -0.4 is 5.73 Å². The Morgan fingerprint density at radius 3 is 2.71 bits per heavy atom. The third-order valence-corrected chi connectivity index (χ3v) is 5.41. The zero-order chi connectivity index (χ0) is 16.7. The lowest BCUT2D eigenvalue weighted by Gasteiger charge is -2.36. The molecule has 2 heterocycles. The first kappa shape index (κ1) is 15.4. The molecule has 1 amide bonds. The van der Waals surface area contributed by atoms with Crippen LogP contribution in [0.1, 0.15) is 52.3 Å². The van der Waals surface area contributed by atoms with E-state index in [0.717, 1.165) is 43.7 Å². The van der Waals surface area contributed by atoms with E-state index < -0.39 is 12.0 Å². The maximum absolute atomic E-state index is 11.2. The van der Waals surface area contributed by atoms with Gasteiger partial charge in [0.05, 0.1) is 12.3 Å². The summed E-state index contributed by atoms with van der Waals surface area (Å²) in [6.45, 7) is 1.85. The summed E-state index contributed by atoms with van der Waals surface area (Å²) in [5.41, 5.74) is 7.97. The number of aliphatic hydroxyl groups excluding tert-OH is 1. The van der Waals surface area contributed by atoms with Gasteiger partial charge in [0.1, 0.15) is 11.5 Å². The second-order valence-electron chi connectivity index (χ2n) is 6.77. The van der Waals surface area contributed by atoms with Gasteiger partial charge in [-0.15, -0.1) is 0 Å². The summed E-state index contributed by atoms with van der Waals surface area (Å²) in [6, 6.07) is 8.33. The molecule has 6 nitrogen and oxygen atoms in total. The number of aliphatic hydroxyl groups is 1. The van der Waals surface area contributed by atoms with Crippen LogP contribution in [0.25, 0.3) is 0 Å². The van der Waals surface area contributed by atoms with E-state index in [1.807, 2.05) is 18.2 Å². The van der Waals surface area contributed by atoms with Crippen molar-refractivity contribution in [1.82, 2.24) is 14.9 Å². The molecule has 1 aromatic carbocycles. The lowest BCUT2D eigenvalue weighted by atomic mass is 9.94. The quantitative estimate of drug-likeness (QED) is 0.793. The molecule has 1 aromatic heterocycles. The fraction of sp³-hybridized carbons (Fsp3) is 0.444. The van der Waals surface area contributed by atoms with E-state index >= 15 is 0 Å². The topological polar surface area (TPSA) is 95.2 Å². The predicted octanol–water partition coefficient (Wildman–Crippen LogP) is 1.35. The summed E-state index contributed by atoms with van der Waals surface area (Å²) in [5.74, 6) is 0.687. The standard InChI is InChI=1S/C18H22N4O2/c19-17(24)14-10-20-18(21-14)11-5-7-22(8-6-11)15-9-12-3-1-2-4-13(12)16(15)23/h1-4,10-11,15-16,23H,5-9H2,(H2,19,24)(H,20,21). The third kappa shape index (κ3) is 2.61. The molecule has 0 radical (unpaired) electrons. The van der Waals surface area contributed by atoms with Gasteiger partial charge >= 0.3 is 0 Å². The molecule has 1 aliphatic carbocycles. The molecule has 0 spiro atoms. The maximum atomic E-state index is 11.2. The predicted molar refractivity (Wildman–Crippen MR) is 89.5 cm³/mol. The van der Waals surface area contributed by atoms with Crippen LogP contribution in [0.3, 0.4) is 0 Å². The number of nitrogens with two attached hydrogens (primary N) is 1. The van der Waals surface area contributed by atoms with Crippen molar-refractivity contribution in [3.8, 4) is 0 Å². The monoisotopic (exact) mass is 326 g/mol. The molecular formula is C18H22N4O2. The Labute approximate surface area is 140 Å². The van der Waals surface area contributed by atoms with Gasteiger partial charge in [0.2, 0.25) is 0 Å². The number of piperidine rings is 1. The summed E-state index contributed by atoms with van der Waals surface area (Å²) >= 11 is 0. The van der Waals surface area contributed by atoms with Crippen LogP contribution in [0, 0.1) is 0 Å². The van der Waals surface area contributed by atoms with Crippen LogP contribution in [0.2, 0.25) is 0 Å². The molecule has 0 bridgehead atoms. The number of nitrogens with one attached hydrogen (secondary N) is 1. The van der Waals surface area contributed by atoms with Crippen molar-refractivity contribution in [3.05, 3.63) is 53.1 Å². The zero-order valence-electron chi connectivity index (χ0n) is 13.5. The largest absolute Gasteiger partial charge is 0.387 e. The number of rotatable bonds is 3. The van der Waals surface area contributed by atoms with Gasteiger partial charge < -0.3 is 15.8 Å². The van der Waals surface area contributed by atoms with Crippen molar-refractivity contribution in [3.63, 3.8) is 0 Å². The van der Waals surface area contributed by atoms with Gasteiger partial charge in [-0.1, -0.05) is 24.3 Å². The molecule has 1 saturated heterocycles. The number of likely N-dealkylation sites (tertiary alicyclic amines) is 1. The Hall–Kier alpha value is -2.18. The number of fused-ring (bicyclic) bond motifs is 1. The maximum Gasteiger partial charge on any atom is 0.266 e. The number of primary amides is 1. The van der Waals surface area contributed by atoms with Crippen molar-refractivity contribution in [1.29, 1.82) is 0 Å². The molecule has 1 aliphatic heterocycles. The molecule has 2 atom stereocenters. The van der Waals surface area contributed by atoms with Gasteiger partial charge in [-0.05, 0) is 43.5 Å². The highest BCUT2D eigenvalue weighted by molar-refractivity contribution is 5.90. The van der Waals surface area contributed by atoms with Crippen molar-refractivity contribution in [2.24, 2.45) is 5.73 Å². The van der Waals surface area contributed by atoms with Crippen molar-refractivity contribution in [2.75, 3.05) is 13.1 Å². The van der Waals surface area contributed by atoms with E-state index in [4.69, 9.17) is 5.73 Å². The van der Waals surface area contributed by atoms with Crippen LogP contribution in [0.15, 0.2) is 30.5 Å². The molecule has 1 fully saturated rings. The van der Waals surface area contributed by atoms with E-state index in [9.17, 15) is 9.90 Å². The van der Waals surface area contributed by atoms with E-state index in [2.05, 4.69) is 20.9 Å². The molecule has 2 aliphatic rings. The first-order valence-corrected chi connectivity index (χ1v) is 8.48. The number of H-pyrrole nitrogens is 1. The minimum absolute atomic E-state index is 0.168. The molecule has 2 unspecified atom stereocenters. The van der Waals surface area contributed by atoms with Crippen LogP contribution in [-0.2, 0) is 6.42 Å². The lowest BCUT2D eigenvalue weighted by Crippen LogP contribution is -2.43. The highest BCUT2D eigenvalue weighted by Gasteiger charge is 2.36. The van der Waals surface area contributed by atoms with Crippen LogP contribution in [0.4, 0.5) is 0 Å². The van der Waals surface area contributed by atoms with Gasteiger partial charge in [-0.2, -0.15) is 0 Å². The average molecular weight is 326 g/mol. The second-order valence-corrected chi connectivity index (χ2v) is 6.77. The number of amides is 1. The van der Waals surface area contributed by atoms with Gasteiger partial charge in [-0.25, -0.2) is 4.98 Å². The normalized spacial score (nSPS) is 24.9. The van der Waals surface area contributed by atoms with Crippen molar-refractivity contribution in [2.45, 2.75) is 37.3 Å². The number of hydrogen-bond acceptors (Lipinski definition) is 4. The molecule has 2 aromatic rings. The van der Waals surface area contributed by atoms with Crippen molar-refractivity contribution < 1.29 is 9.90 Å². The van der Waals surface area contributed by atoms with E-state index in [-0.39, 0.29) is 6.04 Å². The molecule has 4 N–H and O–H groups in total. The van der Waals surface area contributed by atoms with E-state index in [0.29, 0.717) is 11.6 Å². The number of nitrogens with zero attached hydrogens (tertiary/aromatic N) is 2. The first-order chi connectivity index (χ1) is 11.6. The number of aromatic amines is 1. The Kier molecular flexibility index (Phi) is 3.86. The summed E-state index contributed by atoms with van der Waals surface area (Å²) in [6.07, 6.45) is 3.95. The number of carbonyl (C=O) groups is 1. The van der Waals surface area contributed by atoms with Gasteiger partial charge in [0, 0.05) is 12.0 Å². The number of imidazole rings is 1. The molecule has 24 heavy (non-hydrogen) atoms. The Morgan fingerprint density at radius 1 is 1.29 bits per heavy atom. The molecule has 6 heteroatoms. The number of carbonyl (C=O) groups excluding carboxylic acids is 1. The fourth-order valence-electron chi connectivity index (χ4n) is 4.06. The molecule has 0 saturated carbocycles. The Bertz CT molecular complexity index is 749. The summed E-state index contributed by atoms with van der Waals surface area (Å²) in [7, 11) is 0. The highest BCUT2D eigenvalue weighted by atomic mass is 16.3. The van der Waals surface area contributed by atoms with Crippen LogP contribution in [0.5, 0.6) is 0 Å². The third-order valence-electron chi connectivity index (χ3n) is 5.41. The van der Waals surface area contributed by atoms with E-state index in [1.165, 1.54) is 11.8 Å². The summed E-state index contributed by atoms with van der Waals surface area (Å²) < 4.78 is 0. The number of benzene rings is 1. The minimum atomic E-state index is -0.474. The lowest BCUT2D eigenvalue weighted by molar-refractivity contribution is 0.0453. The Morgan fingerprint density at radius 2 is 2.04 bits per heavy atom. The van der Waals surface area contributed by atoms with Gasteiger partial charge in [-0.3, -0.25) is 9.69 Å². The van der Waals surface area contributed by atoms with Gasteiger partial charge in [0.25, 0.3) is 5.91 Å². The molecular weight excluding hydrogens is 304 g/mol. The number of hydrogen-bond donors (Lipinski definition) is 3. The smallest absolute Gasteiger partial charge is 0.266 e. The fourth-order valence-corrected chi connectivity index (χ4v) is 4.06.